The van der Waals surface area contributed by atoms with Crippen molar-refractivity contribution >= 4 is 22.8 Å². The van der Waals surface area contributed by atoms with E-state index in [1.165, 1.54) is 0 Å². The Morgan fingerprint density at radius 2 is 1.91 bits per heavy atom. The highest BCUT2D eigenvalue weighted by atomic mass is 32.1. The molecule has 0 atom stereocenters. The Hall–Kier alpha value is -2.07. The van der Waals surface area contributed by atoms with Crippen molar-refractivity contribution in [2.45, 2.75) is 26.3 Å². The number of ether oxygens (including phenoxy) is 1. The fourth-order valence-electron chi connectivity index (χ4n) is 2.69. The number of nitrogens with zero attached hydrogens (tertiary/aromatic N) is 1. The van der Waals surface area contributed by atoms with Gasteiger partial charge in [-0.2, -0.15) is 11.3 Å². The average Bonchev–Trinajstić information content (AvgIpc) is 3.03. The molecule has 3 rings (SSSR count). The SMILES string of the molecule is CC1=C(c2ccccc2)C(=O)N(C(C)(C)c2ccsc2)CO1. The Kier molecular flexibility index (Phi) is 3.79. The number of hydrogen-bond acceptors (Lipinski definition) is 3. The standard InChI is InChI=1S/C18H19NO2S/c1-13-16(14-7-5-4-6-8-14)17(20)19(12-21-13)18(2,3)15-9-10-22-11-15/h4-11H,12H2,1-3H3. The number of carbonyl (C=O) groups excluding carboxylic acids is 1. The fraction of sp³-hybridized carbons (Fsp3) is 0.278. The van der Waals surface area contributed by atoms with Crippen LogP contribution in [0.15, 0.2) is 52.9 Å². The maximum absolute atomic E-state index is 13.1. The zero-order valence-electron chi connectivity index (χ0n) is 13.0. The normalized spacial score (nSPS) is 16.0. The molecule has 1 aromatic heterocycles. The van der Waals surface area contributed by atoms with Crippen molar-refractivity contribution in [3.8, 4) is 0 Å². The Bertz CT molecular complexity index is 702. The number of hydrogen-bond donors (Lipinski definition) is 0. The molecule has 0 unspecified atom stereocenters. The monoisotopic (exact) mass is 313 g/mol. The van der Waals surface area contributed by atoms with Gasteiger partial charge in [0, 0.05) is 0 Å². The van der Waals surface area contributed by atoms with E-state index in [0.717, 1.165) is 11.1 Å². The third-order valence-electron chi connectivity index (χ3n) is 4.19. The summed E-state index contributed by atoms with van der Waals surface area (Å²) in [6, 6.07) is 11.8. The van der Waals surface area contributed by atoms with Crippen LogP contribution in [-0.2, 0) is 15.1 Å². The van der Waals surface area contributed by atoms with E-state index in [-0.39, 0.29) is 12.6 Å². The summed E-state index contributed by atoms with van der Waals surface area (Å²) in [7, 11) is 0. The number of thiophene rings is 1. The van der Waals surface area contributed by atoms with Crippen molar-refractivity contribution in [3.63, 3.8) is 0 Å². The van der Waals surface area contributed by atoms with Gasteiger partial charge in [0.15, 0.2) is 6.73 Å². The molecule has 1 amide bonds. The molecular formula is C18H19NO2S. The van der Waals surface area contributed by atoms with E-state index in [4.69, 9.17) is 4.74 Å². The predicted octanol–water partition coefficient (Wildman–Crippen LogP) is 4.23. The molecule has 2 heterocycles. The van der Waals surface area contributed by atoms with Gasteiger partial charge in [0.25, 0.3) is 5.91 Å². The van der Waals surface area contributed by atoms with Crippen LogP contribution in [0.1, 0.15) is 31.9 Å². The van der Waals surface area contributed by atoms with Crippen molar-refractivity contribution in [3.05, 3.63) is 64.0 Å². The highest BCUT2D eigenvalue weighted by Gasteiger charge is 2.38. The van der Waals surface area contributed by atoms with Crippen LogP contribution in [0.4, 0.5) is 0 Å². The molecule has 0 bridgehead atoms. The Morgan fingerprint density at radius 3 is 2.55 bits per heavy atom. The minimum atomic E-state index is -0.405. The number of rotatable bonds is 3. The zero-order valence-corrected chi connectivity index (χ0v) is 13.8. The smallest absolute Gasteiger partial charge is 0.261 e. The lowest BCUT2D eigenvalue weighted by atomic mass is 9.92. The molecule has 0 saturated carbocycles. The maximum atomic E-state index is 13.1. The quantitative estimate of drug-likeness (QED) is 0.848. The molecule has 114 valence electrons. The molecule has 22 heavy (non-hydrogen) atoms. The first kappa shape index (κ1) is 14.9. The van der Waals surface area contributed by atoms with Crippen LogP contribution in [-0.4, -0.2) is 17.5 Å². The maximum Gasteiger partial charge on any atom is 0.261 e. The summed E-state index contributed by atoms with van der Waals surface area (Å²) in [5, 5.41) is 4.12. The fourth-order valence-corrected chi connectivity index (χ4v) is 3.51. The van der Waals surface area contributed by atoms with Gasteiger partial charge in [0.05, 0.1) is 11.1 Å². The summed E-state index contributed by atoms with van der Waals surface area (Å²) < 4.78 is 5.80. The van der Waals surface area contributed by atoms with Gasteiger partial charge in [-0.3, -0.25) is 9.69 Å². The second-order valence-corrected chi connectivity index (χ2v) is 6.65. The highest BCUT2D eigenvalue weighted by Crippen LogP contribution is 2.35. The van der Waals surface area contributed by atoms with Gasteiger partial charge < -0.3 is 4.74 Å². The lowest BCUT2D eigenvalue weighted by molar-refractivity contribution is -0.139. The zero-order chi connectivity index (χ0) is 15.7. The molecule has 0 fully saturated rings. The number of allylic oxidation sites excluding steroid dienone is 1. The Labute approximate surface area is 134 Å². The van der Waals surface area contributed by atoms with Crippen molar-refractivity contribution in [2.75, 3.05) is 6.73 Å². The first-order valence-corrected chi connectivity index (χ1v) is 8.20. The summed E-state index contributed by atoms with van der Waals surface area (Å²) in [6.45, 7) is 6.25. The van der Waals surface area contributed by atoms with Crippen LogP contribution in [0.3, 0.4) is 0 Å². The highest BCUT2D eigenvalue weighted by molar-refractivity contribution is 7.08. The van der Waals surface area contributed by atoms with E-state index in [2.05, 4.69) is 25.3 Å². The Morgan fingerprint density at radius 1 is 1.18 bits per heavy atom. The van der Waals surface area contributed by atoms with Crippen molar-refractivity contribution in [2.24, 2.45) is 0 Å². The van der Waals surface area contributed by atoms with E-state index < -0.39 is 5.54 Å². The van der Waals surface area contributed by atoms with E-state index in [9.17, 15) is 4.79 Å². The molecule has 2 aromatic rings. The predicted molar refractivity (Wildman–Crippen MR) is 89.2 cm³/mol. The van der Waals surface area contributed by atoms with Gasteiger partial charge in [-0.05, 0) is 48.7 Å². The summed E-state index contributed by atoms with van der Waals surface area (Å²) in [6.07, 6.45) is 0. The van der Waals surface area contributed by atoms with Gasteiger partial charge in [-0.25, -0.2) is 0 Å². The van der Waals surface area contributed by atoms with Crippen LogP contribution in [0, 0.1) is 0 Å². The first-order chi connectivity index (χ1) is 10.5. The lowest BCUT2D eigenvalue weighted by Gasteiger charge is -2.41. The molecule has 1 aliphatic rings. The summed E-state index contributed by atoms with van der Waals surface area (Å²) in [4.78, 5) is 14.9. The largest absolute Gasteiger partial charge is 0.477 e. The Balaban J connectivity index is 2.00. The second-order valence-electron chi connectivity index (χ2n) is 5.87. The number of carbonyl (C=O) groups is 1. The molecule has 4 heteroatoms. The summed E-state index contributed by atoms with van der Waals surface area (Å²) in [5.41, 5.74) is 2.27. The van der Waals surface area contributed by atoms with Gasteiger partial charge >= 0.3 is 0 Å². The minimum Gasteiger partial charge on any atom is -0.477 e. The van der Waals surface area contributed by atoms with Crippen molar-refractivity contribution < 1.29 is 9.53 Å². The number of amides is 1. The molecule has 0 radical (unpaired) electrons. The van der Waals surface area contributed by atoms with Crippen LogP contribution < -0.4 is 0 Å². The van der Waals surface area contributed by atoms with Crippen LogP contribution >= 0.6 is 11.3 Å². The van der Waals surface area contributed by atoms with Crippen molar-refractivity contribution in [1.82, 2.24) is 4.90 Å². The molecule has 0 aliphatic carbocycles. The van der Waals surface area contributed by atoms with Gasteiger partial charge in [0.1, 0.15) is 5.76 Å². The molecule has 0 saturated heterocycles. The molecular weight excluding hydrogens is 294 g/mol. The van der Waals surface area contributed by atoms with Crippen LogP contribution in [0.25, 0.3) is 5.57 Å². The van der Waals surface area contributed by atoms with Crippen LogP contribution in [0.2, 0.25) is 0 Å². The molecule has 0 spiro atoms. The molecule has 0 N–H and O–H groups in total. The average molecular weight is 313 g/mol. The van der Waals surface area contributed by atoms with E-state index >= 15 is 0 Å². The first-order valence-electron chi connectivity index (χ1n) is 7.25. The van der Waals surface area contributed by atoms with Crippen LogP contribution in [0.5, 0.6) is 0 Å². The van der Waals surface area contributed by atoms with E-state index in [0.29, 0.717) is 11.3 Å². The lowest BCUT2D eigenvalue weighted by Crippen LogP contribution is -2.49. The molecule has 1 aromatic carbocycles. The van der Waals surface area contributed by atoms with E-state index in [1.807, 2.05) is 42.6 Å². The second kappa shape index (κ2) is 5.61. The minimum absolute atomic E-state index is 0.0196. The topological polar surface area (TPSA) is 29.5 Å². The summed E-state index contributed by atoms with van der Waals surface area (Å²) >= 11 is 1.64. The third-order valence-corrected chi connectivity index (χ3v) is 4.87. The van der Waals surface area contributed by atoms with Crippen molar-refractivity contribution in [1.29, 1.82) is 0 Å². The van der Waals surface area contributed by atoms with Gasteiger partial charge in [-0.1, -0.05) is 30.3 Å². The third kappa shape index (κ3) is 2.44. The van der Waals surface area contributed by atoms with Gasteiger partial charge in [0.2, 0.25) is 0 Å². The number of benzene rings is 1. The molecule has 3 nitrogen and oxygen atoms in total. The van der Waals surface area contributed by atoms with Gasteiger partial charge in [-0.15, -0.1) is 0 Å². The molecule has 1 aliphatic heterocycles. The van der Waals surface area contributed by atoms with E-state index in [1.54, 1.807) is 16.2 Å². The summed E-state index contributed by atoms with van der Waals surface area (Å²) in [5.74, 6) is 0.708.